The molecule has 0 unspecified atom stereocenters. The quantitative estimate of drug-likeness (QED) is 0.154. The number of fused-ring (bicyclic) bond motifs is 1. The summed E-state index contributed by atoms with van der Waals surface area (Å²) in [7, 11) is 0. The molecule has 5 nitrogen and oxygen atoms in total. The minimum absolute atomic E-state index is 0.108. The first-order valence-electron chi connectivity index (χ1n) is 14.9. The van der Waals surface area contributed by atoms with Crippen molar-refractivity contribution in [3.8, 4) is 11.8 Å². The minimum atomic E-state index is -0.491. The summed E-state index contributed by atoms with van der Waals surface area (Å²) >= 11 is 0. The first-order valence-corrected chi connectivity index (χ1v) is 14.9. The summed E-state index contributed by atoms with van der Waals surface area (Å²) in [5, 5.41) is 20.3. The predicted molar refractivity (Wildman–Crippen MR) is 168 cm³/mol. The number of carbonyl (C=O) groups excluding carboxylic acids is 1. The van der Waals surface area contributed by atoms with Crippen LogP contribution in [0.15, 0.2) is 94.4 Å². The van der Waals surface area contributed by atoms with E-state index in [2.05, 4.69) is 46.5 Å². The van der Waals surface area contributed by atoms with Crippen molar-refractivity contribution in [2.24, 2.45) is 10.8 Å². The Kier molecular flexibility index (Phi) is 8.95. The molecule has 2 N–H and O–H groups in total. The van der Waals surface area contributed by atoms with Gasteiger partial charge >= 0.3 is 5.97 Å². The molecule has 224 valence electrons. The van der Waals surface area contributed by atoms with Crippen LogP contribution in [0.25, 0.3) is 0 Å². The number of cyclic esters (lactones) is 1. The molecular formula is C37H46O5. The van der Waals surface area contributed by atoms with E-state index >= 15 is 0 Å². The average Bonchev–Trinajstić information content (AvgIpc) is 3.32. The number of esters is 1. The van der Waals surface area contributed by atoms with Crippen LogP contribution in [0.2, 0.25) is 0 Å². The van der Waals surface area contributed by atoms with Gasteiger partial charge in [-0.25, -0.2) is 4.79 Å². The minimum Gasteiger partial charge on any atom is -0.423 e. The van der Waals surface area contributed by atoms with Crippen molar-refractivity contribution in [3.05, 3.63) is 94.4 Å². The van der Waals surface area contributed by atoms with Crippen molar-refractivity contribution in [1.82, 2.24) is 0 Å². The van der Waals surface area contributed by atoms with E-state index in [1.165, 1.54) is 5.57 Å². The van der Waals surface area contributed by atoms with Crippen LogP contribution in [0.3, 0.4) is 0 Å². The lowest BCUT2D eigenvalue weighted by Gasteiger charge is -2.39. The number of carbonyl (C=O) groups is 1. The second-order valence-electron chi connectivity index (χ2n) is 13.8. The average molecular weight is 571 g/mol. The molecular weight excluding hydrogens is 524 g/mol. The Labute approximate surface area is 251 Å². The lowest BCUT2D eigenvalue weighted by molar-refractivity contribution is -0.132. The van der Waals surface area contributed by atoms with Gasteiger partial charge in [0.15, 0.2) is 0 Å². The smallest absolute Gasteiger partial charge is 0.343 e. The summed E-state index contributed by atoms with van der Waals surface area (Å²) in [5.74, 6) is 6.73. The normalized spacial score (nSPS) is 33.7. The van der Waals surface area contributed by atoms with Gasteiger partial charge in [-0.15, -0.1) is 0 Å². The van der Waals surface area contributed by atoms with E-state index in [1.807, 2.05) is 69.4 Å². The first kappa shape index (κ1) is 31.8. The SMILES string of the molecule is CC1=C(C#C/C(C)=C/C=C/C=C/C=C(C)/C=C2C=C(/C=C/[C@@]34O[C@]3(C)C[C@@H](O)CC4(C)C)C(=O)O/2)C(C)(C)C[C@H](O)C1. The van der Waals surface area contributed by atoms with Crippen molar-refractivity contribution < 1.29 is 24.5 Å². The molecule has 2 heterocycles. The van der Waals surface area contributed by atoms with Gasteiger partial charge in [-0.1, -0.05) is 81.6 Å². The summed E-state index contributed by atoms with van der Waals surface area (Å²) in [6.07, 6.45) is 21.1. The third kappa shape index (κ3) is 6.73. The Morgan fingerprint density at radius 3 is 2.33 bits per heavy atom. The van der Waals surface area contributed by atoms with E-state index < -0.39 is 11.2 Å². The van der Waals surface area contributed by atoms with Gasteiger partial charge in [0.25, 0.3) is 0 Å². The molecule has 0 aromatic rings. The molecule has 4 rings (SSSR count). The van der Waals surface area contributed by atoms with Crippen LogP contribution >= 0.6 is 0 Å². The van der Waals surface area contributed by atoms with E-state index in [0.717, 1.165) is 23.1 Å². The molecule has 2 fully saturated rings. The molecule has 0 radical (unpaired) electrons. The zero-order valence-electron chi connectivity index (χ0n) is 26.4. The fraction of sp³-hybridized carbons (Fsp3) is 0.486. The Balaban J connectivity index is 1.34. The second kappa shape index (κ2) is 11.8. The summed E-state index contributed by atoms with van der Waals surface area (Å²) in [6, 6.07) is 0. The van der Waals surface area contributed by atoms with Gasteiger partial charge in [0.05, 0.1) is 17.8 Å². The zero-order valence-corrected chi connectivity index (χ0v) is 26.4. The van der Waals surface area contributed by atoms with Gasteiger partial charge in [-0.05, 0) is 82.4 Å². The number of aliphatic hydroxyl groups is 2. The van der Waals surface area contributed by atoms with Crippen LogP contribution < -0.4 is 0 Å². The van der Waals surface area contributed by atoms with Crippen LogP contribution in [0.4, 0.5) is 0 Å². The number of hydrogen-bond acceptors (Lipinski definition) is 5. The third-order valence-electron chi connectivity index (χ3n) is 8.93. The predicted octanol–water partition coefficient (Wildman–Crippen LogP) is 7.12. The van der Waals surface area contributed by atoms with E-state index in [-0.39, 0.29) is 29.0 Å². The maximum atomic E-state index is 12.5. The fourth-order valence-electron chi connectivity index (χ4n) is 6.96. The molecule has 0 aromatic heterocycles. The number of aliphatic hydroxyl groups excluding tert-OH is 2. The van der Waals surface area contributed by atoms with E-state index in [4.69, 9.17) is 9.47 Å². The monoisotopic (exact) mass is 570 g/mol. The van der Waals surface area contributed by atoms with Gasteiger partial charge < -0.3 is 19.7 Å². The summed E-state index contributed by atoms with van der Waals surface area (Å²) in [6.45, 7) is 16.5. The van der Waals surface area contributed by atoms with E-state index in [0.29, 0.717) is 30.6 Å². The second-order valence-corrected chi connectivity index (χ2v) is 13.8. The van der Waals surface area contributed by atoms with Crippen LogP contribution in [-0.2, 0) is 14.3 Å². The molecule has 2 aliphatic carbocycles. The highest BCUT2D eigenvalue weighted by Gasteiger charge is 2.74. The molecule has 4 aliphatic rings. The number of epoxide rings is 1. The molecule has 0 bridgehead atoms. The largest absolute Gasteiger partial charge is 0.423 e. The van der Waals surface area contributed by atoms with E-state index in [9.17, 15) is 15.0 Å². The van der Waals surface area contributed by atoms with Crippen LogP contribution in [0.5, 0.6) is 0 Å². The highest BCUT2D eigenvalue weighted by atomic mass is 16.6. The zero-order chi connectivity index (χ0) is 30.9. The standard InChI is InChI=1S/C37H46O5/c1-25(15-16-32-27(3)20-29(38)22-34(32,4)5)13-11-9-10-12-14-26(2)19-31-21-28(33(40)41-31)17-18-37-35(6,7)23-30(39)24-36(37,8)42-37/h9-14,17-19,21,29-30,38-39H,20,22-24H2,1-8H3/b11-9+,12-10+,18-17+,25-13+,26-14+,31-19-/t29-,30+,36-,37+/m1/s1. The lowest BCUT2D eigenvalue weighted by Crippen LogP contribution is -2.46. The first-order chi connectivity index (χ1) is 19.6. The Morgan fingerprint density at radius 1 is 0.976 bits per heavy atom. The van der Waals surface area contributed by atoms with Gasteiger partial charge in [-0.2, -0.15) is 0 Å². The van der Waals surface area contributed by atoms with Gasteiger partial charge in [0.2, 0.25) is 0 Å². The summed E-state index contributed by atoms with van der Waals surface area (Å²) in [4.78, 5) is 12.5. The van der Waals surface area contributed by atoms with Crippen molar-refractivity contribution >= 4 is 5.97 Å². The maximum absolute atomic E-state index is 12.5. The molecule has 1 saturated heterocycles. The van der Waals surface area contributed by atoms with Crippen LogP contribution in [0, 0.1) is 22.7 Å². The van der Waals surface area contributed by atoms with Crippen molar-refractivity contribution in [2.45, 2.75) is 104 Å². The summed E-state index contributed by atoms with van der Waals surface area (Å²) < 4.78 is 11.6. The molecule has 5 heteroatoms. The van der Waals surface area contributed by atoms with E-state index in [1.54, 1.807) is 12.2 Å². The highest BCUT2D eigenvalue weighted by Crippen LogP contribution is 2.66. The van der Waals surface area contributed by atoms with Crippen LogP contribution in [-0.4, -0.2) is 39.6 Å². The number of rotatable bonds is 6. The topological polar surface area (TPSA) is 79.3 Å². The Hall–Kier alpha value is -3.17. The molecule has 42 heavy (non-hydrogen) atoms. The fourth-order valence-corrected chi connectivity index (χ4v) is 6.96. The van der Waals surface area contributed by atoms with Gasteiger partial charge in [-0.3, -0.25) is 0 Å². The van der Waals surface area contributed by atoms with Crippen molar-refractivity contribution in [1.29, 1.82) is 0 Å². The van der Waals surface area contributed by atoms with Crippen molar-refractivity contribution in [3.63, 3.8) is 0 Å². The number of allylic oxidation sites excluding steroid dienone is 11. The number of ether oxygens (including phenoxy) is 2. The molecule has 0 aromatic carbocycles. The Bertz CT molecular complexity index is 1430. The van der Waals surface area contributed by atoms with Gasteiger partial charge in [0.1, 0.15) is 17.0 Å². The molecule has 0 spiro atoms. The van der Waals surface area contributed by atoms with Crippen molar-refractivity contribution in [2.75, 3.05) is 0 Å². The third-order valence-corrected chi connectivity index (χ3v) is 8.93. The molecule has 0 amide bonds. The lowest BCUT2D eigenvalue weighted by atomic mass is 9.63. The molecule has 4 atom stereocenters. The summed E-state index contributed by atoms with van der Waals surface area (Å²) in [5.41, 5.74) is 3.47. The van der Waals surface area contributed by atoms with Crippen LogP contribution in [0.1, 0.15) is 81.1 Å². The molecule has 1 saturated carbocycles. The number of hydrogen-bond donors (Lipinski definition) is 2. The molecule has 2 aliphatic heterocycles. The maximum Gasteiger partial charge on any atom is 0.343 e. The Morgan fingerprint density at radius 2 is 1.67 bits per heavy atom. The van der Waals surface area contributed by atoms with Gasteiger partial charge in [0, 0.05) is 22.8 Å². The highest BCUT2D eigenvalue weighted by molar-refractivity contribution is 5.95.